The second-order valence-electron chi connectivity index (χ2n) is 7.77. The minimum absolute atomic E-state index is 0.00119. The summed E-state index contributed by atoms with van der Waals surface area (Å²) in [6, 6.07) is 3.77. The first kappa shape index (κ1) is 18.9. The van der Waals surface area contributed by atoms with Crippen molar-refractivity contribution in [3.63, 3.8) is 0 Å². The molecule has 1 N–H and O–H groups in total. The second-order valence-corrected chi connectivity index (χ2v) is 7.77. The number of piperidine rings is 1. The van der Waals surface area contributed by atoms with Crippen LogP contribution in [-0.4, -0.2) is 56.0 Å². The minimum Gasteiger partial charge on any atom is -0.349 e. The molecule has 1 saturated heterocycles. The quantitative estimate of drug-likeness (QED) is 0.794. The van der Waals surface area contributed by atoms with Crippen molar-refractivity contribution in [3.05, 3.63) is 45.6 Å². The second kappa shape index (κ2) is 8.26. The van der Waals surface area contributed by atoms with Crippen molar-refractivity contribution in [2.75, 3.05) is 19.6 Å². The monoisotopic (exact) mass is 384 g/mol. The zero-order valence-electron chi connectivity index (χ0n) is 16.4. The van der Waals surface area contributed by atoms with E-state index < -0.39 is 0 Å². The lowest BCUT2D eigenvalue weighted by Gasteiger charge is -2.35. The number of hydrogen-bond donors (Lipinski definition) is 1. The van der Waals surface area contributed by atoms with Gasteiger partial charge < -0.3 is 5.32 Å². The van der Waals surface area contributed by atoms with Gasteiger partial charge in [-0.1, -0.05) is 6.42 Å². The Labute approximate surface area is 164 Å². The number of likely N-dealkylation sites (tertiary alicyclic amines) is 1. The number of carbonyl (C=O) groups is 1. The molecule has 3 heterocycles. The number of nitrogens with one attached hydrogen (secondary N) is 1. The fourth-order valence-electron chi connectivity index (χ4n) is 4.31. The molecule has 2 aromatic heterocycles. The van der Waals surface area contributed by atoms with Crippen LogP contribution in [0.3, 0.4) is 0 Å². The van der Waals surface area contributed by atoms with E-state index in [0.29, 0.717) is 18.8 Å². The third-order valence-corrected chi connectivity index (χ3v) is 5.92. The smallest absolute Gasteiger partial charge is 0.269 e. The van der Waals surface area contributed by atoms with Crippen molar-refractivity contribution in [1.29, 1.82) is 0 Å². The molecular weight excluding hydrogens is 356 g/mol. The van der Waals surface area contributed by atoms with Crippen molar-refractivity contribution in [1.82, 2.24) is 29.8 Å². The average molecular weight is 384 g/mol. The zero-order valence-corrected chi connectivity index (χ0v) is 16.4. The van der Waals surface area contributed by atoms with Gasteiger partial charge in [0.05, 0.1) is 12.2 Å². The summed E-state index contributed by atoms with van der Waals surface area (Å²) >= 11 is 0. The molecule has 0 bridgehead atoms. The maximum atomic E-state index is 12.4. The van der Waals surface area contributed by atoms with E-state index in [2.05, 4.69) is 20.4 Å². The summed E-state index contributed by atoms with van der Waals surface area (Å²) in [4.78, 5) is 27.1. The van der Waals surface area contributed by atoms with Crippen molar-refractivity contribution in [2.24, 2.45) is 7.05 Å². The van der Waals surface area contributed by atoms with Gasteiger partial charge in [-0.2, -0.15) is 10.2 Å². The lowest BCUT2D eigenvalue weighted by Crippen LogP contribution is -2.48. The number of nitrogens with zero attached hydrogens (tertiary/aromatic N) is 5. The molecule has 0 spiro atoms. The maximum Gasteiger partial charge on any atom is 0.269 e. The summed E-state index contributed by atoms with van der Waals surface area (Å²) in [5, 5.41) is 11.7. The summed E-state index contributed by atoms with van der Waals surface area (Å²) in [6.45, 7) is 2.97. The van der Waals surface area contributed by atoms with E-state index in [1.54, 1.807) is 34.7 Å². The Morgan fingerprint density at radius 2 is 2.14 bits per heavy atom. The van der Waals surface area contributed by atoms with Gasteiger partial charge in [-0.25, -0.2) is 4.68 Å². The predicted molar refractivity (Wildman–Crippen MR) is 105 cm³/mol. The van der Waals surface area contributed by atoms with Crippen LogP contribution in [0.5, 0.6) is 0 Å². The first-order valence-corrected chi connectivity index (χ1v) is 10.2. The van der Waals surface area contributed by atoms with Gasteiger partial charge in [0.15, 0.2) is 0 Å². The van der Waals surface area contributed by atoms with Crippen molar-refractivity contribution in [3.8, 4) is 0 Å². The van der Waals surface area contributed by atoms with E-state index in [-0.39, 0.29) is 17.5 Å². The summed E-state index contributed by atoms with van der Waals surface area (Å²) in [6.07, 6.45) is 8.04. The topological polar surface area (TPSA) is 85.1 Å². The average Bonchev–Trinajstić information content (AvgIpc) is 3.33. The molecule has 1 aliphatic heterocycles. The highest BCUT2D eigenvalue weighted by molar-refractivity contribution is 5.92. The van der Waals surface area contributed by atoms with E-state index in [1.165, 1.54) is 6.42 Å². The Hall–Kier alpha value is -2.48. The number of hydrogen-bond acceptors (Lipinski definition) is 5. The van der Waals surface area contributed by atoms with Gasteiger partial charge in [-0.15, -0.1) is 0 Å². The Morgan fingerprint density at radius 3 is 2.96 bits per heavy atom. The highest BCUT2D eigenvalue weighted by Crippen LogP contribution is 2.18. The van der Waals surface area contributed by atoms with Gasteiger partial charge >= 0.3 is 0 Å². The molecule has 28 heavy (non-hydrogen) atoms. The Bertz CT molecular complexity index is 902. The molecule has 1 atom stereocenters. The molecule has 2 aromatic rings. The van der Waals surface area contributed by atoms with Crippen LogP contribution in [0.15, 0.2) is 23.1 Å². The van der Waals surface area contributed by atoms with Gasteiger partial charge in [0.2, 0.25) is 0 Å². The fourth-order valence-corrected chi connectivity index (χ4v) is 4.31. The molecule has 1 fully saturated rings. The summed E-state index contributed by atoms with van der Waals surface area (Å²) in [5.41, 5.74) is 2.77. The Morgan fingerprint density at radius 1 is 1.25 bits per heavy atom. The Balaban J connectivity index is 1.36. The van der Waals surface area contributed by atoms with Crippen LogP contribution in [0.4, 0.5) is 0 Å². The van der Waals surface area contributed by atoms with Gasteiger partial charge in [-0.05, 0) is 50.3 Å². The lowest BCUT2D eigenvalue weighted by molar-refractivity contribution is 0.0900. The summed E-state index contributed by atoms with van der Waals surface area (Å²) in [7, 11) is 1.77. The van der Waals surface area contributed by atoms with E-state index in [9.17, 15) is 9.59 Å². The maximum absolute atomic E-state index is 12.4. The molecule has 0 saturated carbocycles. The molecule has 1 aliphatic carbocycles. The lowest BCUT2D eigenvalue weighted by atomic mass is 10.0. The standard InChI is InChI=1S/C20H28N6O2/c1-24-18(8-9-22-24)20(28)21-14-16-6-2-3-10-25(16)11-12-26-19(27)13-15-5-4-7-17(15)23-26/h8-9,13,16H,2-7,10-12,14H2,1H3,(H,21,28). The SMILES string of the molecule is Cn1nccc1C(=O)NCC1CCCCN1CCn1nc2c(cc1=O)CCC2. The predicted octanol–water partition coefficient (Wildman–Crippen LogP) is 0.750. The summed E-state index contributed by atoms with van der Waals surface area (Å²) < 4.78 is 3.20. The van der Waals surface area contributed by atoms with Gasteiger partial charge in [0, 0.05) is 38.4 Å². The normalized spacial score (nSPS) is 19.5. The van der Waals surface area contributed by atoms with Crippen LogP contribution in [0.2, 0.25) is 0 Å². The highest BCUT2D eigenvalue weighted by Gasteiger charge is 2.24. The van der Waals surface area contributed by atoms with E-state index >= 15 is 0 Å². The molecular formula is C20H28N6O2. The van der Waals surface area contributed by atoms with Gasteiger partial charge in [0.1, 0.15) is 5.69 Å². The third kappa shape index (κ3) is 4.01. The van der Waals surface area contributed by atoms with Crippen LogP contribution < -0.4 is 10.9 Å². The van der Waals surface area contributed by atoms with E-state index in [1.807, 2.05) is 0 Å². The first-order chi connectivity index (χ1) is 13.6. The molecule has 4 rings (SSSR count). The van der Waals surface area contributed by atoms with Crippen LogP contribution in [0.25, 0.3) is 0 Å². The van der Waals surface area contributed by atoms with Crippen LogP contribution in [0.1, 0.15) is 47.4 Å². The summed E-state index contributed by atoms with van der Waals surface area (Å²) in [5.74, 6) is -0.0953. The van der Waals surface area contributed by atoms with Crippen LogP contribution >= 0.6 is 0 Å². The first-order valence-electron chi connectivity index (χ1n) is 10.2. The molecule has 8 heteroatoms. The number of fused-ring (bicyclic) bond motifs is 1. The molecule has 1 amide bonds. The number of amides is 1. The van der Waals surface area contributed by atoms with Gasteiger partial charge in [0.25, 0.3) is 11.5 Å². The molecule has 1 unspecified atom stereocenters. The number of aryl methyl sites for hydroxylation is 3. The number of aromatic nitrogens is 4. The van der Waals surface area contributed by atoms with E-state index in [4.69, 9.17) is 0 Å². The van der Waals surface area contributed by atoms with Crippen LogP contribution in [0, 0.1) is 0 Å². The zero-order chi connectivity index (χ0) is 19.5. The highest BCUT2D eigenvalue weighted by atomic mass is 16.2. The molecule has 0 aromatic carbocycles. The molecule has 0 radical (unpaired) electrons. The third-order valence-electron chi connectivity index (χ3n) is 5.92. The molecule has 8 nitrogen and oxygen atoms in total. The van der Waals surface area contributed by atoms with E-state index in [0.717, 1.165) is 56.5 Å². The van der Waals surface area contributed by atoms with Crippen molar-refractivity contribution >= 4 is 5.91 Å². The molecule has 2 aliphatic rings. The van der Waals surface area contributed by atoms with Gasteiger partial charge in [-0.3, -0.25) is 19.2 Å². The van der Waals surface area contributed by atoms with Crippen LogP contribution in [-0.2, 0) is 26.4 Å². The number of rotatable bonds is 6. The van der Waals surface area contributed by atoms with Crippen molar-refractivity contribution in [2.45, 2.75) is 51.1 Å². The Kier molecular flexibility index (Phi) is 5.57. The number of carbonyl (C=O) groups excluding carboxylic acids is 1. The van der Waals surface area contributed by atoms with Crippen molar-refractivity contribution < 1.29 is 4.79 Å². The minimum atomic E-state index is -0.0953. The largest absolute Gasteiger partial charge is 0.349 e. The fraction of sp³-hybridized carbons (Fsp3) is 0.600. The molecule has 150 valence electrons.